The SMILES string of the molecule is Cc1ccc(C2=C(SCc3ccccc3)C(=O)N(Cc3ccccn3)C2=O)cc1C. The molecule has 1 aliphatic heterocycles. The molecule has 2 aromatic carbocycles. The molecule has 30 heavy (non-hydrogen) atoms. The maximum absolute atomic E-state index is 13.3. The molecule has 3 aromatic rings. The van der Waals surface area contributed by atoms with Crippen molar-refractivity contribution < 1.29 is 9.59 Å². The zero-order chi connectivity index (χ0) is 21.1. The van der Waals surface area contributed by atoms with Crippen LogP contribution >= 0.6 is 11.8 Å². The summed E-state index contributed by atoms with van der Waals surface area (Å²) in [6, 6.07) is 21.4. The molecule has 0 N–H and O–H groups in total. The molecule has 0 saturated heterocycles. The summed E-state index contributed by atoms with van der Waals surface area (Å²) in [5.74, 6) is 0.116. The highest BCUT2D eigenvalue weighted by molar-refractivity contribution is 8.03. The molecule has 0 bridgehead atoms. The molecule has 0 unspecified atom stereocenters. The first-order valence-corrected chi connectivity index (χ1v) is 10.8. The van der Waals surface area contributed by atoms with Crippen LogP contribution in [0.15, 0.2) is 77.8 Å². The van der Waals surface area contributed by atoms with Crippen molar-refractivity contribution in [1.29, 1.82) is 0 Å². The van der Waals surface area contributed by atoms with Crippen molar-refractivity contribution in [3.63, 3.8) is 0 Å². The molecule has 4 nitrogen and oxygen atoms in total. The fourth-order valence-corrected chi connectivity index (χ4v) is 4.45. The van der Waals surface area contributed by atoms with Gasteiger partial charge in [0, 0.05) is 11.9 Å². The van der Waals surface area contributed by atoms with Crippen molar-refractivity contribution in [1.82, 2.24) is 9.88 Å². The second-order valence-corrected chi connectivity index (χ2v) is 8.28. The van der Waals surface area contributed by atoms with Gasteiger partial charge in [-0.1, -0.05) is 54.6 Å². The lowest BCUT2D eigenvalue weighted by molar-refractivity contribution is -0.137. The molecule has 0 spiro atoms. The molecule has 150 valence electrons. The van der Waals surface area contributed by atoms with E-state index in [0.29, 0.717) is 21.9 Å². The Morgan fingerprint density at radius 1 is 0.867 bits per heavy atom. The molecule has 0 aliphatic carbocycles. The van der Waals surface area contributed by atoms with Gasteiger partial charge in [0.25, 0.3) is 11.8 Å². The zero-order valence-electron chi connectivity index (χ0n) is 17.0. The number of hydrogen-bond donors (Lipinski definition) is 0. The summed E-state index contributed by atoms with van der Waals surface area (Å²) < 4.78 is 0. The fraction of sp³-hybridized carbons (Fsp3) is 0.160. The Morgan fingerprint density at radius 3 is 2.33 bits per heavy atom. The Kier molecular flexibility index (Phi) is 5.81. The fourth-order valence-electron chi connectivity index (χ4n) is 3.37. The van der Waals surface area contributed by atoms with Gasteiger partial charge in [0.15, 0.2) is 0 Å². The summed E-state index contributed by atoms with van der Waals surface area (Å²) in [7, 11) is 0. The number of rotatable bonds is 6. The molecule has 5 heteroatoms. The number of hydrogen-bond acceptors (Lipinski definition) is 4. The molecule has 2 heterocycles. The van der Waals surface area contributed by atoms with Crippen molar-refractivity contribution in [2.24, 2.45) is 0 Å². The average Bonchev–Trinajstić information content (AvgIpc) is 3.00. The second-order valence-electron chi connectivity index (χ2n) is 7.29. The number of thioether (sulfide) groups is 1. The minimum absolute atomic E-state index is 0.169. The van der Waals surface area contributed by atoms with Gasteiger partial charge in [-0.2, -0.15) is 0 Å². The normalized spacial score (nSPS) is 14.0. The maximum Gasteiger partial charge on any atom is 0.268 e. The van der Waals surface area contributed by atoms with Crippen molar-refractivity contribution in [2.45, 2.75) is 26.1 Å². The predicted octanol–water partition coefficient (Wildman–Crippen LogP) is 4.91. The van der Waals surface area contributed by atoms with Crippen LogP contribution in [0.3, 0.4) is 0 Å². The molecule has 0 saturated carbocycles. The third-order valence-electron chi connectivity index (χ3n) is 5.19. The van der Waals surface area contributed by atoms with Crippen LogP contribution in [0, 0.1) is 13.8 Å². The number of aromatic nitrogens is 1. The maximum atomic E-state index is 13.3. The standard InChI is InChI=1S/C25H22N2O2S/c1-17-11-12-20(14-18(17)2)22-23(30-16-19-8-4-3-5-9-19)25(29)27(24(22)28)15-21-10-6-7-13-26-21/h3-14H,15-16H2,1-2H3. The Balaban J connectivity index is 1.70. The van der Waals surface area contributed by atoms with E-state index in [1.165, 1.54) is 16.7 Å². The van der Waals surface area contributed by atoms with Crippen LogP contribution in [0.2, 0.25) is 0 Å². The highest BCUT2D eigenvalue weighted by atomic mass is 32.2. The highest BCUT2D eigenvalue weighted by Gasteiger charge is 2.39. The van der Waals surface area contributed by atoms with Crippen LogP contribution in [0.25, 0.3) is 5.57 Å². The number of amides is 2. The second kappa shape index (κ2) is 8.67. The van der Waals surface area contributed by atoms with E-state index in [1.54, 1.807) is 6.20 Å². The number of aryl methyl sites for hydroxylation is 2. The van der Waals surface area contributed by atoms with Gasteiger partial charge in [-0.05, 0) is 48.2 Å². The number of pyridine rings is 1. The van der Waals surface area contributed by atoms with Gasteiger partial charge >= 0.3 is 0 Å². The van der Waals surface area contributed by atoms with Gasteiger partial charge in [-0.3, -0.25) is 19.5 Å². The first kappa shape index (κ1) is 20.1. The average molecular weight is 415 g/mol. The van der Waals surface area contributed by atoms with Crippen LogP contribution in [0.5, 0.6) is 0 Å². The Bertz CT molecular complexity index is 1120. The van der Waals surface area contributed by atoms with Gasteiger partial charge < -0.3 is 0 Å². The molecule has 0 atom stereocenters. The van der Waals surface area contributed by atoms with Crippen LogP contribution < -0.4 is 0 Å². The molecule has 1 aromatic heterocycles. The van der Waals surface area contributed by atoms with Crippen LogP contribution in [-0.2, 0) is 21.9 Å². The topological polar surface area (TPSA) is 50.3 Å². The number of nitrogens with zero attached hydrogens (tertiary/aromatic N) is 2. The number of imide groups is 1. The van der Waals surface area contributed by atoms with E-state index in [1.807, 2.05) is 80.6 Å². The van der Waals surface area contributed by atoms with Crippen molar-refractivity contribution in [3.05, 3.63) is 106 Å². The third kappa shape index (κ3) is 4.07. The van der Waals surface area contributed by atoms with Gasteiger partial charge in [-0.25, -0.2) is 0 Å². The van der Waals surface area contributed by atoms with Gasteiger partial charge in [0.1, 0.15) is 0 Å². The van der Waals surface area contributed by atoms with E-state index >= 15 is 0 Å². The molecular weight excluding hydrogens is 392 g/mol. The third-order valence-corrected chi connectivity index (χ3v) is 6.34. The summed E-state index contributed by atoms with van der Waals surface area (Å²) in [5.41, 5.74) is 5.32. The minimum atomic E-state index is -0.260. The van der Waals surface area contributed by atoms with Crippen molar-refractivity contribution in [2.75, 3.05) is 0 Å². The van der Waals surface area contributed by atoms with E-state index in [4.69, 9.17) is 0 Å². The molecule has 0 fully saturated rings. The molecule has 4 rings (SSSR count). The summed E-state index contributed by atoms with van der Waals surface area (Å²) >= 11 is 1.42. The lowest BCUT2D eigenvalue weighted by atomic mass is 10.0. The van der Waals surface area contributed by atoms with E-state index < -0.39 is 0 Å². The Labute approximate surface area is 180 Å². The summed E-state index contributed by atoms with van der Waals surface area (Å²) in [6.07, 6.45) is 1.67. The van der Waals surface area contributed by atoms with E-state index in [0.717, 1.165) is 22.3 Å². The number of benzene rings is 2. The summed E-state index contributed by atoms with van der Waals surface area (Å²) in [6.45, 7) is 4.22. The van der Waals surface area contributed by atoms with Gasteiger partial charge in [-0.15, -0.1) is 11.8 Å². The minimum Gasteiger partial charge on any atom is -0.269 e. The van der Waals surface area contributed by atoms with E-state index in [9.17, 15) is 9.59 Å². The summed E-state index contributed by atoms with van der Waals surface area (Å²) in [5, 5.41) is 0. The smallest absolute Gasteiger partial charge is 0.268 e. The van der Waals surface area contributed by atoms with E-state index in [-0.39, 0.29) is 18.4 Å². The Morgan fingerprint density at radius 2 is 1.63 bits per heavy atom. The molecular formula is C25H22N2O2S. The first-order valence-electron chi connectivity index (χ1n) is 9.79. The van der Waals surface area contributed by atoms with Crippen molar-refractivity contribution in [3.8, 4) is 0 Å². The number of carbonyl (C=O) groups excluding carboxylic acids is 2. The largest absolute Gasteiger partial charge is 0.269 e. The quantitative estimate of drug-likeness (QED) is 0.538. The van der Waals surface area contributed by atoms with Gasteiger partial charge in [0.2, 0.25) is 0 Å². The Hall–Kier alpha value is -3.18. The predicted molar refractivity (Wildman–Crippen MR) is 120 cm³/mol. The van der Waals surface area contributed by atoms with Crippen molar-refractivity contribution >= 4 is 29.1 Å². The monoisotopic (exact) mass is 414 g/mol. The van der Waals surface area contributed by atoms with Gasteiger partial charge in [0.05, 0.1) is 22.7 Å². The first-order chi connectivity index (χ1) is 14.5. The molecule has 0 radical (unpaired) electrons. The van der Waals surface area contributed by atoms with Crippen LogP contribution in [-0.4, -0.2) is 21.7 Å². The van der Waals surface area contributed by atoms with E-state index in [2.05, 4.69) is 4.98 Å². The lowest BCUT2D eigenvalue weighted by Gasteiger charge is -2.14. The molecule has 2 amide bonds. The number of carbonyl (C=O) groups is 2. The van der Waals surface area contributed by atoms with Crippen LogP contribution in [0.1, 0.15) is 27.9 Å². The molecule has 1 aliphatic rings. The lowest BCUT2D eigenvalue weighted by Crippen LogP contribution is -2.31. The zero-order valence-corrected chi connectivity index (χ0v) is 17.8. The highest BCUT2D eigenvalue weighted by Crippen LogP contribution is 2.38. The summed E-state index contributed by atoms with van der Waals surface area (Å²) in [4.78, 5) is 32.7. The van der Waals surface area contributed by atoms with Crippen LogP contribution in [0.4, 0.5) is 0 Å².